The molecule has 230 valence electrons. The molecule has 19 heteroatoms. The second kappa shape index (κ2) is 12.6. The normalized spacial score (nSPS) is 18.6. The molecule has 1 fully saturated rings. The first kappa shape index (κ1) is 31.8. The van der Waals surface area contributed by atoms with E-state index >= 15 is 0 Å². The summed E-state index contributed by atoms with van der Waals surface area (Å²) in [6.45, 7) is 5.06. The molecule has 0 spiro atoms. The summed E-state index contributed by atoms with van der Waals surface area (Å²) in [7, 11) is 0. The Labute approximate surface area is 257 Å². The van der Waals surface area contributed by atoms with Crippen molar-refractivity contribution in [1.29, 1.82) is 0 Å². The van der Waals surface area contributed by atoms with Gasteiger partial charge in [0, 0.05) is 16.9 Å². The quantitative estimate of drug-likeness (QED) is 0.0444. The van der Waals surface area contributed by atoms with Gasteiger partial charge in [-0.2, -0.15) is 0 Å². The summed E-state index contributed by atoms with van der Waals surface area (Å²) in [6.07, 6.45) is 0.787. The Morgan fingerprint density at radius 1 is 1.28 bits per heavy atom. The number of carbonyl (C=O) groups is 4. The van der Waals surface area contributed by atoms with Gasteiger partial charge in [-0.1, -0.05) is 17.1 Å². The smallest absolute Gasteiger partial charge is 0.352 e. The van der Waals surface area contributed by atoms with Crippen molar-refractivity contribution in [3.05, 3.63) is 28.4 Å². The van der Waals surface area contributed by atoms with Crippen molar-refractivity contribution in [3.63, 3.8) is 0 Å². The number of nitrogens with one attached hydrogen (secondary N) is 1. The second-order valence-corrected chi connectivity index (χ2v) is 12.8. The van der Waals surface area contributed by atoms with Crippen LogP contribution in [0.2, 0.25) is 0 Å². The van der Waals surface area contributed by atoms with Gasteiger partial charge in [-0.25, -0.2) is 19.1 Å². The summed E-state index contributed by atoms with van der Waals surface area (Å²) >= 11 is 3.56. The molecule has 1 saturated heterocycles. The number of rotatable bonds is 12. The Morgan fingerprint density at radius 2 is 2.00 bits per heavy atom. The van der Waals surface area contributed by atoms with Crippen molar-refractivity contribution in [3.8, 4) is 0 Å². The number of nitrogens with two attached hydrogens (primary N) is 3. The minimum Gasteiger partial charge on any atom is -0.478 e. The third-order valence-electron chi connectivity index (χ3n) is 6.28. The number of fused-ring (bicyclic) bond motifs is 1. The molecule has 2 atom stereocenters. The van der Waals surface area contributed by atoms with Crippen LogP contribution in [0, 0.1) is 0 Å². The van der Waals surface area contributed by atoms with Gasteiger partial charge in [0.1, 0.15) is 22.8 Å². The third-order valence-corrected chi connectivity index (χ3v) is 9.36. The fourth-order valence-corrected chi connectivity index (χ4v) is 7.14. The van der Waals surface area contributed by atoms with Crippen molar-refractivity contribution in [2.75, 3.05) is 28.7 Å². The van der Waals surface area contributed by atoms with Crippen LogP contribution in [0.4, 0.5) is 16.8 Å². The summed E-state index contributed by atoms with van der Waals surface area (Å²) in [5, 5.41) is 27.0. The first-order chi connectivity index (χ1) is 20.2. The molecule has 4 rings (SSSR count). The van der Waals surface area contributed by atoms with Crippen LogP contribution in [0.1, 0.15) is 32.9 Å². The van der Waals surface area contributed by atoms with Gasteiger partial charge in [-0.05, 0) is 37.6 Å². The van der Waals surface area contributed by atoms with Gasteiger partial charge in [0.15, 0.2) is 10.8 Å². The number of carboxylic acids is 2. The number of hydrogen-bond donors (Lipinski definition) is 6. The number of β-lactam (4-membered cyclic amide) rings is 1. The number of aromatic nitrogens is 3. The Morgan fingerprint density at radius 3 is 2.60 bits per heavy atom. The largest absolute Gasteiger partial charge is 0.478 e. The summed E-state index contributed by atoms with van der Waals surface area (Å²) in [6, 6.07) is 0.464. The highest BCUT2D eigenvalue weighted by atomic mass is 32.2. The molecule has 0 aromatic carbocycles. The zero-order chi connectivity index (χ0) is 31.6. The van der Waals surface area contributed by atoms with Crippen LogP contribution < -0.4 is 27.1 Å². The van der Waals surface area contributed by atoms with Crippen molar-refractivity contribution in [2.24, 2.45) is 5.16 Å². The number of carbonyl (C=O) groups excluding carboxylic acids is 2. The molecule has 2 amide bonds. The van der Waals surface area contributed by atoms with Gasteiger partial charge in [0.2, 0.25) is 17.2 Å². The zero-order valence-electron chi connectivity index (χ0n) is 23.3. The van der Waals surface area contributed by atoms with Crippen LogP contribution in [0.15, 0.2) is 33.0 Å². The lowest BCUT2D eigenvalue weighted by atomic mass is 10.0. The molecule has 0 saturated carbocycles. The molecule has 0 radical (unpaired) electrons. The number of hydrogen-bond acceptors (Lipinski definition) is 14. The first-order valence-corrected chi connectivity index (χ1v) is 15.7. The molecule has 2 aromatic heterocycles. The molecular weight excluding hydrogens is 623 g/mol. The van der Waals surface area contributed by atoms with Crippen LogP contribution in [0.5, 0.6) is 0 Å². The highest BCUT2D eigenvalue weighted by Crippen LogP contribution is 2.41. The number of nitrogen functional groups attached to an aromatic ring is 3. The Balaban J connectivity index is 1.54. The number of thiazole rings is 1. The molecule has 0 unspecified atom stereocenters. The van der Waals surface area contributed by atoms with E-state index in [0.29, 0.717) is 23.1 Å². The minimum absolute atomic E-state index is 0.0163. The van der Waals surface area contributed by atoms with Crippen molar-refractivity contribution < 1.29 is 38.8 Å². The molecule has 0 aliphatic carbocycles. The average Bonchev–Trinajstić information content (AvgIpc) is 3.36. The fraction of sp³-hybridized carbons (Fsp3) is 0.417. The van der Waals surface area contributed by atoms with Crippen LogP contribution in [-0.4, -0.2) is 83.1 Å². The maximum Gasteiger partial charge on any atom is 0.352 e. The maximum atomic E-state index is 13.3. The van der Waals surface area contributed by atoms with Gasteiger partial charge < -0.3 is 37.6 Å². The van der Waals surface area contributed by atoms with Crippen molar-refractivity contribution >= 4 is 81.1 Å². The molecule has 4 heterocycles. The number of aliphatic carboxylic acids is 2. The molecule has 16 nitrogen and oxygen atoms in total. The molecule has 0 bridgehead atoms. The van der Waals surface area contributed by atoms with Gasteiger partial charge in [0.25, 0.3) is 11.8 Å². The minimum atomic E-state index is -1.77. The SMILES string of the molecule is CCC[n+]1c(N)cc(N)nc1SCC1=C(C(=O)O)N2C(=O)[C@@H](NC(=O)/C(=N/OC(C)(C)C(=O)O)c3csc(N)n3)[C@H]2SC1. The Hall–Kier alpha value is -4.10. The lowest BCUT2D eigenvalue weighted by Crippen LogP contribution is -2.71. The van der Waals surface area contributed by atoms with E-state index in [1.165, 1.54) is 42.8 Å². The lowest BCUT2D eigenvalue weighted by Gasteiger charge is -2.49. The molecule has 2 aromatic rings. The van der Waals surface area contributed by atoms with Crippen molar-refractivity contribution in [2.45, 2.75) is 55.9 Å². The van der Waals surface area contributed by atoms with E-state index in [1.54, 1.807) is 10.6 Å². The van der Waals surface area contributed by atoms with Gasteiger partial charge >= 0.3 is 17.1 Å². The number of amides is 2. The second-order valence-electron chi connectivity index (χ2n) is 9.86. The van der Waals surface area contributed by atoms with E-state index in [4.69, 9.17) is 22.0 Å². The van der Waals surface area contributed by atoms with E-state index in [1.807, 2.05) is 6.92 Å². The van der Waals surface area contributed by atoms with E-state index in [2.05, 4.69) is 20.4 Å². The standard InChI is InChI=1S/C24H29N9O7S3/c1-4-5-32-13(26)6-12(25)29-23(32)43-8-10-7-41-19-15(18(35)33(19)16(10)20(36)37)30-17(34)14(11-9-42-22(27)28-11)31-40-24(2,3)21(38)39/h6,9,15,19H,4-5,7-8H2,1-3H3,(H8,25,26,27,28,30,34,36,37,38,39)/p+1/b31-14+/t15-,19-/m1/s1. The zero-order valence-corrected chi connectivity index (χ0v) is 25.7. The molecule has 2 aliphatic heterocycles. The molecule has 9 N–H and O–H groups in total. The topological polar surface area (TPSA) is 253 Å². The highest BCUT2D eigenvalue weighted by Gasteiger charge is 2.54. The van der Waals surface area contributed by atoms with E-state index < -0.39 is 46.5 Å². The summed E-state index contributed by atoms with van der Waals surface area (Å²) in [5.74, 6) is -2.99. The van der Waals surface area contributed by atoms with Crippen LogP contribution in [0.25, 0.3) is 0 Å². The molecular formula is C24H30N9O7S3+. The number of oxime groups is 1. The summed E-state index contributed by atoms with van der Waals surface area (Å²) < 4.78 is 1.79. The van der Waals surface area contributed by atoms with E-state index in [0.717, 1.165) is 22.7 Å². The number of nitrogens with zero attached hydrogens (tertiary/aromatic N) is 5. The van der Waals surface area contributed by atoms with Gasteiger partial charge in [0.05, 0.1) is 12.6 Å². The molecule has 43 heavy (non-hydrogen) atoms. The Kier molecular flexibility index (Phi) is 9.35. The predicted octanol–water partition coefficient (Wildman–Crippen LogP) is 0.0970. The number of thioether (sulfide) groups is 2. The van der Waals surface area contributed by atoms with Crippen LogP contribution in [-0.2, 0) is 30.6 Å². The highest BCUT2D eigenvalue weighted by molar-refractivity contribution is 8.01. The maximum absolute atomic E-state index is 13.3. The van der Waals surface area contributed by atoms with Gasteiger partial charge in [-0.15, -0.1) is 23.1 Å². The monoisotopic (exact) mass is 652 g/mol. The Bertz CT molecular complexity index is 1540. The summed E-state index contributed by atoms with van der Waals surface area (Å²) in [5.41, 5.74) is 15.9. The van der Waals surface area contributed by atoms with E-state index in [-0.39, 0.29) is 33.8 Å². The number of carboxylic acid groups (broad SMARTS) is 2. The average molecular weight is 653 g/mol. The van der Waals surface area contributed by atoms with Crippen LogP contribution >= 0.6 is 34.9 Å². The molecule has 2 aliphatic rings. The first-order valence-electron chi connectivity index (χ1n) is 12.8. The number of anilines is 3. The third kappa shape index (κ3) is 6.62. The van der Waals surface area contributed by atoms with Gasteiger partial charge in [-0.3, -0.25) is 14.5 Å². The lowest BCUT2D eigenvalue weighted by molar-refractivity contribution is -0.723. The van der Waals surface area contributed by atoms with E-state index in [9.17, 15) is 29.4 Å². The fourth-order valence-electron chi connectivity index (χ4n) is 4.06. The van der Waals surface area contributed by atoms with Crippen molar-refractivity contribution in [1.82, 2.24) is 20.2 Å². The predicted molar refractivity (Wildman–Crippen MR) is 160 cm³/mol. The van der Waals surface area contributed by atoms with Crippen LogP contribution in [0.3, 0.4) is 0 Å². The summed E-state index contributed by atoms with van der Waals surface area (Å²) in [4.78, 5) is 64.9.